The van der Waals surface area contributed by atoms with Crippen molar-refractivity contribution in [3.05, 3.63) is 94.3 Å². The number of non-ortho nitro benzene ring substituents is 1. The fourth-order valence-electron chi connectivity index (χ4n) is 4.17. The Labute approximate surface area is 241 Å². The van der Waals surface area contributed by atoms with Crippen molar-refractivity contribution < 1.29 is 34.0 Å². The van der Waals surface area contributed by atoms with Gasteiger partial charge < -0.3 is 20.1 Å². The highest BCUT2D eigenvalue weighted by atomic mass is 16.6. The highest BCUT2D eigenvalue weighted by molar-refractivity contribution is 5.91. The van der Waals surface area contributed by atoms with Gasteiger partial charge in [0.25, 0.3) is 11.6 Å². The van der Waals surface area contributed by atoms with Gasteiger partial charge >= 0.3 is 11.9 Å². The lowest BCUT2D eigenvalue weighted by molar-refractivity contribution is -0.384. The number of hydrogen-bond acceptors (Lipinski definition) is 9. The normalized spacial score (nSPS) is 13.9. The second kappa shape index (κ2) is 16.2. The standard InChI is InChI=1S/C25H27N5O4.C4H4O4/c31-24(11-10-23-27-25(34-28-23)21-6-8-22(9-7-21)30(32)33)26-15-12-19-13-16-29(17-14-19)18-20-4-2-1-3-5-20;5-3(6)1-2-4(7)8/h1-11,19H,12-18H2,(H,26,31);1-2H,(H,5,6)(H,7,8)/b11-10+;2-1+. The lowest BCUT2D eigenvalue weighted by atomic mass is 9.93. The first-order valence-electron chi connectivity index (χ1n) is 13.1. The molecule has 42 heavy (non-hydrogen) atoms. The third-order valence-corrected chi connectivity index (χ3v) is 6.33. The van der Waals surface area contributed by atoms with Gasteiger partial charge in [0.05, 0.1) is 4.92 Å². The number of nitro benzene ring substituents is 1. The summed E-state index contributed by atoms with van der Waals surface area (Å²) >= 11 is 0. The van der Waals surface area contributed by atoms with Crippen LogP contribution in [0.15, 0.2) is 77.3 Å². The van der Waals surface area contributed by atoms with E-state index in [-0.39, 0.29) is 23.3 Å². The fraction of sp³-hybridized carbons (Fsp3) is 0.276. The molecule has 3 aromatic rings. The molecule has 3 N–H and O–H groups in total. The van der Waals surface area contributed by atoms with E-state index in [9.17, 15) is 24.5 Å². The molecule has 4 rings (SSSR count). The largest absolute Gasteiger partial charge is 0.478 e. The molecule has 0 unspecified atom stereocenters. The Morgan fingerprint density at radius 2 is 1.64 bits per heavy atom. The first kappa shape index (κ1) is 31.4. The van der Waals surface area contributed by atoms with Crippen molar-refractivity contribution in [1.29, 1.82) is 0 Å². The van der Waals surface area contributed by atoms with Crippen LogP contribution in [-0.4, -0.2) is 67.7 Å². The SMILES string of the molecule is O=C(/C=C/c1noc(-c2ccc([N+](=O)[O-])cc2)n1)NCCC1CCN(Cc2ccccc2)CC1.O=C(O)/C=C/C(=O)O. The maximum Gasteiger partial charge on any atom is 0.328 e. The molecule has 1 aliphatic rings. The third kappa shape index (κ3) is 11.1. The first-order chi connectivity index (χ1) is 20.2. The van der Waals surface area contributed by atoms with Crippen LogP contribution >= 0.6 is 0 Å². The molecule has 13 heteroatoms. The van der Waals surface area contributed by atoms with Crippen molar-refractivity contribution in [2.75, 3.05) is 19.6 Å². The van der Waals surface area contributed by atoms with Gasteiger partial charge in [-0.05, 0) is 62.0 Å². The summed E-state index contributed by atoms with van der Waals surface area (Å²) in [5, 5.41) is 33.1. The summed E-state index contributed by atoms with van der Waals surface area (Å²) < 4.78 is 5.17. The number of carboxylic acid groups (broad SMARTS) is 2. The van der Waals surface area contributed by atoms with Crippen molar-refractivity contribution in [3.8, 4) is 11.5 Å². The smallest absolute Gasteiger partial charge is 0.328 e. The minimum Gasteiger partial charge on any atom is -0.478 e. The molecule has 1 aromatic heterocycles. The van der Waals surface area contributed by atoms with Crippen LogP contribution in [0.2, 0.25) is 0 Å². The summed E-state index contributed by atoms with van der Waals surface area (Å²) in [5.41, 5.74) is 1.90. The predicted octanol–water partition coefficient (Wildman–Crippen LogP) is 3.79. The van der Waals surface area contributed by atoms with Gasteiger partial charge in [-0.25, -0.2) is 9.59 Å². The van der Waals surface area contributed by atoms with Crippen LogP contribution < -0.4 is 5.32 Å². The molecular formula is C29H31N5O8. The monoisotopic (exact) mass is 577 g/mol. The van der Waals surface area contributed by atoms with E-state index in [2.05, 4.69) is 44.6 Å². The van der Waals surface area contributed by atoms with Crippen LogP contribution in [0, 0.1) is 16.0 Å². The Morgan fingerprint density at radius 1 is 1.00 bits per heavy atom. The van der Waals surface area contributed by atoms with Gasteiger partial charge in [-0.15, -0.1) is 0 Å². The molecule has 0 saturated carbocycles. The van der Waals surface area contributed by atoms with E-state index in [1.165, 1.54) is 42.0 Å². The van der Waals surface area contributed by atoms with E-state index in [1.54, 1.807) is 0 Å². The number of likely N-dealkylation sites (tertiary alicyclic amines) is 1. The lowest BCUT2D eigenvalue weighted by Gasteiger charge is -2.32. The Kier molecular flexibility index (Phi) is 12.1. The third-order valence-electron chi connectivity index (χ3n) is 6.33. The van der Waals surface area contributed by atoms with Gasteiger partial charge in [0, 0.05) is 49.0 Å². The van der Waals surface area contributed by atoms with Crippen LogP contribution in [0.25, 0.3) is 17.5 Å². The van der Waals surface area contributed by atoms with Gasteiger partial charge in [-0.3, -0.25) is 19.8 Å². The number of rotatable bonds is 11. The number of piperidine rings is 1. The molecule has 1 saturated heterocycles. The summed E-state index contributed by atoms with van der Waals surface area (Å²) in [6, 6.07) is 16.4. The Morgan fingerprint density at radius 3 is 2.24 bits per heavy atom. The number of aromatic nitrogens is 2. The minimum absolute atomic E-state index is 0.0159. The maximum absolute atomic E-state index is 12.1. The van der Waals surface area contributed by atoms with E-state index in [4.69, 9.17) is 14.7 Å². The van der Waals surface area contributed by atoms with Gasteiger partial charge in [-0.2, -0.15) is 4.98 Å². The molecule has 0 atom stereocenters. The lowest BCUT2D eigenvalue weighted by Crippen LogP contribution is -2.34. The van der Waals surface area contributed by atoms with Gasteiger partial charge in [0.15, 0.2) is 5.82 Å². The summed E-state index contributed by atoms with van der Waals surface area (Å²) in [7, 11) is 0. The molecule has 1 aliphatic heterocycles. The zero-order chi connectivity index (χ0) is 30.3. The zero-order valence-corrected chi connectivity index (χ0v) is 22.7. The number of nitrogens with one attached hydrogen (secondary N) is 1. The van der Waals surface area contributed by atoms with Crippen molar-refractivity contribution in [3.63, 3.8) is 0 Å². The fourth-order valence-corrected chi connectivity index (χ4v) is 4.17. The molecule has 1 fully saturated rings. The quantitative estimate of drug-likeness (QED) is 0.171. The minimum atomic E-state index is -1.26. The van der Waals surface area contributed by atoms with Crippen LogP contribution in [0.4, 0.5) is 5.69 Å². The predicted molar refractivity (Wildman–Crippen MR) is 152 cm³/mol. The molecule has 2 aromatic carbocycles. The Hall–Kier alpha value is -5.17. The molecular weight excluding hydrogens is 546 g/mol. The number of aliphatic carboxylic acids is 2. The summed E-state index contributed by atoms with van der Waals surface area (Å²) in [5.74, 6) is -1.61. The number of carbonyl (C=O) groups is 3. The number of benzene rings is 2. The molecule has 220 valence electrons. The van der Waals surface area contributed by atoms with E-state index < -0.39 is 16.9 Å². The first-order valence-corrected chi connectivity index (χ1v) is 13.1. The molecule has 0 bridgehead atoms. The number of hydrogen-bond donors (Lipinski definition) is 3. The second-order valence-electron chi connectivity index (χ2n) is 9.39. The average molecular weight is 578 g/mol. The van der Waals surface area contributed by atoms with E-state index in [1.807, 2.05) is 6.07 Å². The number of nitrogens with zero attached hydrogens (tertiary/aromatic N) is 4. The number of carbonyl (C=O) groups excluding carboxylic acids is 1. The van der Waals surface area contributed by atoms with Crippen LogP contribution in [-0.2, 0) is 20.9 Å². The second-order valence-corrected chi connectivity index (χ2v) is 9.39. The highest BCUT2D eigenvalue weighted by Crippen LogP contribution is 2.22. The Balaban J connectivity index is 0.000000531. The molecule has 0 spiro atoms. The van der Waals surface area contributed by atoms with Crippen molar-refractivity contribution in [1.82, 2.24) is 20.4 Å². The van der Waals surface area contributed by atoms with Crippen molar-refractivity contribution in [2.24, 2.45) is 5.92 Å². The molecule has 0 aliphatic carbocycles. The number of nitro groups is 1. The van der Waals surface area contributed by atoms with Gasteiger partial charge in [0.2, 0.25) is 5.91 Å². The topological polar surface area (TPSA) is 189 Å². The molecule has 1 amide bonds. The van der Waals surface area contributed by atoms with Gasteiger partial charge in [-0.1, -0.05) is 35.5 Å². The maximum atomic E-state index is 12.1. The van der Waals surface area contributed by atoms with E-state index >= 15 is 0 Å². The summed E-state index contributed by atoms with van der Waals surface area (Å²) in [6.45, 7) is 3.80. The molecule has 2 heterocycles. The number of amides is 1. The van der Waals surface area contributed by atoms with Gasteiger partial charge in [0.1, 0.15) is 0 Å². The van der Waals surface area contributed by atoms with Crippen molar-refractivity contribution >= 4 is 29.6 Å². The number of carboxylic acids is 2. The highest BCUT2D eigenvalue weighted by Gasteiger charge is 2.19. The molecule has 13 nitrogen and oxygen atoms in total. The zero-order valence-electron chi connectivity index (χ0n) is 22.7. The van der Waals surface area contributed by atoms with Crippen LogP contribution in [0.3, 0.4) is 0 Å². The molecule has 0 radical (unpaired) electrons. The van der Waals surface area contributed by atoms with Crippen molar-refractivity contribution in [2.45, 2.75) is 25.8 Å². The van der Waals surface area contributed by atoms with Crippen LogP contribution in [0.1, 0.15) is 30.7 Å². The summed E-state index contributed by atoms with van der Waals surface area (Å²) in [6.07, 6.45) is 7.23. The Bertz CT molecular complexity index is 1380. The summed E-state index contributed by atoms with van der Waals surface area (Å²) in [4.78, 5) is 48.2. The average Bonchev–Trinajstić information content (AvgIpc) is 3.46. The van der Waals surface area contributed by atoms with E-state index in [0.717, 1.165) is 38.9 Å². The van der Waals surface area contributed by atoms with Crippen LogP contribution in [0.5, 0.6) is 0 Å². The van der Waals surface area contributed by atoms with E-state index in [0.29, 0.717) is 30.2 Å².